The lowest BCUT2D eigenvalue weighted by Crippen LogP contribution is -2.48. The predicted molar refractivity (Wildman–Crippen MR) is 81.9 cm³/mol. The Morgan fingerprint density at radius 1 is 1.37 bits per heavy atom. The summed E-state index contributed by atoms with van der Waals surface area (Å²) in [5, 5.41) is 3.04. The van der Waals surface area contributed by atoms with Crippen molar-refractivity contribution in [1.82, 2.24) is 5.32 Å². The van der Waals surface area contributed by atoms with Crippen LogP contribution in [-0.4, -0.2) is 23.4 Å². The van der Waals surface area contributed by atoms with Gasteiger partial charge in [-0.05, 0) is 38.0 Å². The van der Waals surface area contributed by atoms with Crippen molar-refractivity contribution in [2.45, 2.75) is 44.0 Å². The first-order chi connectivity index (χ1) is 8.85. The zero-order chi connectivity index (χ0) is 14.5. The fraction of sp³-hybridized carbons (Fsp3) is 0.533. The van der Waals surface area contributed by atoms with E-state index < -0.39 is 0 Å². The number of alkyl halides is 1. The summed E-state index contributed by atoms with van der Waals surface area (Å²) in [6, 6.07) is 7.81. The van der Waals surface area contributed by atoms with E-state index in [1.54, 1.807) is 7.11 Å². The highest BCUT2D eigenvalue weighted by Crippen LogP contribution is 2.17. The van der Waals surface area contributed by atoms with Gasteiger partial charge in [0.15, 0.2) is 0 Å². The first-order valence-corrected chi connectivity index (χ1v) is 7.34. The van der Waals surface area contributed by atoms with Gasteiger partial charge in [0.1, 0.15) is 5.75 Å². The smallest absolute Gasteiger partial charge is 0.220 e. The van der Waals surface area contributed by atoms with E-state index in [1.165, 1.54) is 0 Å². The van der Waals surface area contributed by atoms with Gasteiger partial charge in [0.05, 0.1) is 7.11 Å². The Labute approximate surface area is 123 Å². The SMILES string of the molecule is COc1ccc(CCC(=O)NC(C)(C)C(C)Br)cc1. The normalized spacial score (nSPS) is 12.9. The van der Waals surface area contributed by atoms with Crippen molar-refractivity contribution in [2.75, 3.05) is 7.11 Å². The molecule has 0 saturated carbocycles. The van der Waals surface area contributed by atoms with Crippen LogP contribution in [0.1, 0.15) is 32.8 Å². The molecule has 4 heteroatoms. The number of nitrogens with one attached hydrogen (secondary N) is 1. The zero-order valence-corrected chi connectivity index (χ0v) is 13.6. The molecule has 1 N–H and O–H groups in total. The Morgan fingerprint density at radius 2 is 1.95 bits per heavy atom. The zero-order valence-electron chi connectivity index (χ0n) is 12.0. The van der Waals surface area contributed by atoms with Gasteiger partial charge in [0.25, 0.3) is 0 Å². The molecule has 1 amide bonds. The first kappa shape index (κ1) is 16.0. The van der Waals surface area contributed by atoms with Crippen LogP contribution in [0.4, 0.5) is 0 Å². The molecule has 106 valence electrons. The van der Waals surface area contributed by atoms with E-state index in [9.17, 15) is 4.79 Å². The summed E-state index contributed by atoms with van der Waals surface area (Å²) in [5.74, 6) is 0.912. The van der Waals surface area contributed by atoms with Gasteiger partial charge in [0, 0.05) is 16.8 Å². The second-order valence-electron chi connectivity index (χ2n) is 5.23. The lowest BCUT2D eigenvalue weighted by Gasteiger charge is -2.29. The Hall–Kier alpha value is -1.03. The minimum atomic E-state index is -0.239. The van der Waals surface area contributed by atoms with Crippen LogP contribution in [-0.2, 0) is 11.2 Å². The van der Waals surface area contributed by atoms with Crippen molar-refractivity contribution in [3.8, 4) is 5.75 Å². The van der Waals surface area contributed by atoms with Gasteiger partial charge in [-0.3, -0.25) is 4.79 Å². The molecule has 1 atom stereocenters. The number of halogens is 1. The number of methoxy groups -OCH3 is 1. The average molecular weight is 328 g/mol. The van der Waals surface area contributed by atoms with Crippen molar-refractivity contribution < 1.29 is 9.53 Å². The number of aryl methyl sites for hydroxylation is 1. The molecule has 0 aliphatic heterocycles. The Balaban J connectivity index is 2.45. The summed E-state index contributed by atoms with van der Waals surface area (Å²) >= 11 is 3.51. The molecule has 1 rings (SSSR count). The highest BCUT2D eigenvalue weighted by Gasteiger charge is 2.25. The van der Waals surface area contributed by atoms with E-state index in [-0.39, 0.29) is 16.3 Å². The average Bonchev–Trinajstić information content (AvgIpc) is 2.36. The quantitative estimate of drug-likeness (QED) is 0.814. The molecule has 0 aromatic heterocycles. The van der Waals surface area contributed by atoms with Gasteiger partial charge >= 0.3 is 0 Å². The third kappa shape index (κ3) is 5.23. The maximum Gasteiger partial charge on any atom is 0.220 e. The van der Waals surface area contributed by atoms with Crippen molar-refractivity contribution in [1.29, 1.82) is 0 Å². The van der Waals surface area contributed by atoms with Crippen LogP contribution in [0, 0.1) is 0 Å². The number of hydrogen-bond acceptors (Lipinski definition) is 2. The van der Waals surface area contributed by atoms with Crippen LogP contribution in [0.2, 0.25) is 0 Å². The molecule has 0 aliphatic rings. The summed E-state index contributed by atoms with van der Waals surface area (Å²) in [7, 11) is 1.64. The third-order valence-corrected chi connectivity index (χ3v) is 4.40. The number of carbonyl (C=O) groups is 1. The lowest BCUT2D eigenvalue weighted by atomic mass is 10.0. The van der Waals surface area contributed by atoms with Crippen LogP contribution >= 0.6 is 15.9 Å². The van der Waals surface area contributed by atoms with Crippen molar-refractivity contribution in [2.24, 2.45) is 0 Å². The van der Waals surface area contributed by atoms with Crippen LogP contribution in [0.15, 0.2) is 24.3 Å². The molecule has 1 aromatic rings. The van der Waals surface area contributed by atoms with E-state index in [0.717, 1.165) is 17.7 Å². The number of ether oxygens (including phenoxy) is 1. The summed E-state index contributed by atoms with van der Waals surface area (Å²) in [6.07, 6.45) is 1.23. The summed E-state index contributed by atoms with van der Waals surface area (Å²) in [4.78, 5) is 12.1. The maximum absolute atomic E-state index is 11.9. The van der Waals surface area contributed by atoms with Gasteiger partial charge in [-0.2, -0.15) is 0 Å². The van der Waals surface area contributed by atoms with Gasteiger partial charge in [-0.25, -0.2) is 0 Å². The number of benzene rings is 1. The molecule has 0 saturated heterocycles. The number of rotatable bonds is 6. The summed E-state index contributed by atoms with van der Waals surface area (Å²) in [6.45, 7) is 6.05. The standard InChI is InChI=1S/C15H22BrNO2/c1-11(16)15(2,3)17-14(18)10-7-12-5-8-13(19-4)9-6-12/h5-6,8-9,11H,7,10H2,1-4H3,(H,17,18). The van der Waals surface area contributed by atoms with E-state index in [2.05, 4.69) is 21.2 Å². The molecule has 3 nitrogen and oxygen atoms in total. The fourth-order valence-corrected chi connectivity index (χ4v) is 1.69. The minimum absolute atomic E-state index is 0.0760. The number of amides is 1. The van der Waals surface area contributed by atoms with Crippen LogP contribution < -0.4 is 10.1 Å². The largest absolute Gasteiger partial charge is 0.497 e. The summed E-state index contributed by atoms with van der Waals surface area (Å²) in [5.41, 5.74) is 0.900. The van der Waals surface area contributed by atoms with Gasteiger partial charge < -0.3 is 10.1 Å². The van der Waals surface area contributed by atoms with Crippen LogP contribution in [0.5, 0.6) is 5.75 Å². The molecule has 0 spiro atoms. The van der Waals surface area contributed by atoms with Gasteiger partial charge in [0.2, 0.25) is 5.91 Å². The molecule has 0 bridgehead atoms. The lowest BCUT2D eigenvalue weighted by molar-refractivity contribution is -0.122. The van der Waals surface area contributed by atoms with E-state index >= 15 is 0 Å². The first-order valence-electron chi connectivity index (χ1n) is 6.43. The topological polar surface area (TPSA) is 38.3 Å². The predicted octanol–water partition coefficient (Wildman–Crippen LogP) is 3.31. The molecule has 0 fully saturated rings. The van der Waals surface area contributed by atoms with E-state index in [1.807, 2.05) is 45.0 Å². The molecule has 0 heterocycles. The Morgan fingerprint density at radius 3 is 2.42 bits per heavy atom. The van der Waals surface area contributed by atoms with E-state index in [0.29, 0.717) is 6.42 Å². The number of carbonyl (C=O) groups excluding carboxylic acids is 1. The molecular formula is C15H22BrNO2. The second-order valence-corrected chi connectivity index (χ2v) is 6.61. The summed E-state index contributed by atoms with van der Waals surface area (Å²) < 4.78 is 5.10. The Kier molecular flexibility index (Phi) is 5.85. The molecule has 0 aliphatic carbocycles. The molecule has 1 unspecified atom stereocenters. The Bertz CT molecular complexity index is 413. The monoisotopic (exact) mass is 327 g/mol. The van der Waals surface area contributed by atoms with Gasteiger partial charge in [-0.15, -0.1) is 0 Å². The minimum Gasteiger partial charge on any atom is -0.497 e. The van der Waals surface area contributed by atoms with Crippen molar-refractivity contribution >= 4 is 21.8 Å². The van der Waals surface area contributed by atoms with Gasteiger partial charge in [-0.1, -0.05) is 35.0 Å². The second kappa shape index (κ2) is 6.94. The van der Waals surface area contributed by atoms with E-state index in [4.69, 9.17) is 4.74 Å². The van der Waals surface area contributed by atoms with Crippen LogP contribution in [0.3, 0.4) is 0 Å². The van der Waals surface area contributed by atoms with Crippen molar-refractivity contribution in [3.05, 3.63) is 29.8 Å². The van der Waals surface area contributed by atoms with Crippen molar-refractivity contribution in [3.63, 3.8) is 0 Å². The van der Waals surface area contributed by atoms with Crippen LogP contribution in [0.25, 0.3) is 0 Å². The highest BCUT2D eigenvalue weighted by atomic mass is 79.9. The maximum atomic E-state index is 11.9. The fourth-order valence-electron chi connectivity index (χ4n) is 1.57. The molecular weight excluding hydrogens is 306 g/mol. The molecule has 0 radical (unpaired) electrons. The third-order valence-electron chi connectivity index (χ3n) is 3.26. The highest BCUT2D eigenvalue weighted by molar-refractivity contribution is 9.09. The molecule has 19 heavy (non-hydrogen) atoms. The number of hydrogen-bond donors (Lipinski definition) is 1. The molecule has 1 aromatic carbocycles.